The van der Waals surface area contributed by atoms with Gasteiger partial charge in [0.25, 0.3) is 0 Å². The summed E-state index contributed by atoms with van der Waals surface area (Å²) in [6.45, 7) is 5.79. The molecule has 0 spiro atoms. The van der Waals surface area contributed by atoms with Crippen molar-refractivity contribution in [1.82, 2.24) is 15.0 Å². The molecule has 0 fully saturated rings. The number of carbonyl (C=O) groups excluding carboxylic acids is 1. The van der Waals surface area contributed by atoms with E-state index in [0.717, 1.165) is 0 Å². The summed E-state index contributed by atoms with van der Waals surface area (Å²) in [5.41, 5.74) is 10.9. The van der Waals surface area contributed by atoms with Crippen LogP contribution in [0.2, 0.25) is 0 Å². The molecule has 134 valence electrons. The van der Waals surface area contributed by atoms with Gasteiger partial charge in [0.2, 0.25) is 11.9 Å². The summed E-state index contributed by atoms with van der Waals surface area (Å²) in [5, 5.41) is 0.425. The molecule has 1 aromatic carbocycles. The van der Waals surface area contributed by atoms with Gasteiger partial charge in [-0.05, 0) is 32.9 Å². The molecule has 0 amide bonds. The fourth-order valence-corrected chi connectivity index (χ4v) is 2.50. The lowest BCUT2D eigenvalue weighted by Gasteiger charge is -2.20. The van der Waals surface area contributed by atoms with Crippen LogP contribution in [0.1, 0.15) is 31.1 Å². The van der Waals surface area contributed by atoms with Crippen molar-refractivity contribution in [3.8, 4) is 5.75 Å². The molecule has 0 aliphatic heterocycles. The van der Waals surface area contributed by atoms with Crippen LogP contribution in [0, 0.1) is 0 Å². The number of aromatic nitrogens is 3. The van der Waals surface area contributed by atoms with E-state index in [4.69, 9.17) is 20.9 Å². The van der Waals surface area contributed by atoms with E-state index in [9.17, 15) is 4.79 Å². The van der Waals surface area contributed by atoms with Crippen molar-refractivity contribution in [1.29, 1.82) is 0 Å². The van der Waals surface area contributed by atoms with E-state index in [1.165, 1.54) is 11.8 Å². The van der Waals surface area contributed by atoms with Gasteiger partial charge in [-0.15, -0.1) is 0 Å². The fraction of sp³-hybridized carbons (Fsp3) is 0.375. The normalized spacial score (nSPS) is 11.2. The Morgan fingerprint density at radius 3 is 2.40 bits per heavy atom. The Bertz CT molecular complexity index is 729. The van der Waals surface area contributed by atoms with E-state index in [1.807, 2.05) is 20.8 Å². The van der Waals surface area contributed by atoms with Crippen LogP contribution in [0.15, 0.2) is 29.4 Å². The van der Waals surface area contributed by atoms with Crippen LogP contribution < -0.4 is 16.2 Å². The first-order chi connectivity index (χ1) is 11.7. The lowest BCUT2D eigenvalue weighted by molar-refractivity contribution is 0.00660. The second-order valence-electron chi connectivity index (χ2n) is 6.03. The molecule has 0 aliphatic carbocycles. The number of nitrogens with two attached hydrogens (primary N) is 2. The van der Waals surface area contributed by atoms with Crippen LogP contribution in [0.4, 0.5) is 11.9 Å². The average Bonchev–Trinajstić information content (AvgIpc) is 2.49. The largest absolute Gasteiger partial charge is 0.492 e. The molecule has 8 nitrogen and oxygen atoms in total. The van der Waals surface area contributed by atoms with Gasteiger partial charge in [-0.2, -0.15) is 15.0 Å². The smallest absolute Gasteiger partial charge is 0.342 e. The van der Waals surface area contributed by atoms with Gasteiger partial charge < -0.3 is 20.9 Å². The maximum Gasteiger partial charge on any atom is 0.342 e. The molecular formula is C16H21N5O3S. The zero-order chi connectivity index (χ0) is 18.4. The highest BCUT2D eigenvalue weighted by molar-refractivity contribution is 7.99. The molecule has 1 heterocycles. The molecule has 0 bridgehead atoms. The Morgan fingerprint density at radius 1 is 1.12 bits per heavy atom. The summed E-state index contributed by atoms with van der Waals surface area (Å²) in [4.78, 5) is 23.9. The van der Waals surface area contributed by atoms with Gasteiger partial charge in [-0.25, -0.2) is 4.79 Å². The third-order valence-electron chi connectivity index (χ3n) is 2.73. The van der Waals surface area contributed by atoms with E-state index in [2.05, 4.69) is 15.0 Å². The predicted molar refractivity (Wildman–Crippen MR) is 96.5 cm³/mol. The number of esters is 1. The van der Waals surface area contributed by atoms with Gasteiger partial charge >= 0.3 is 5.97 Å². The van der Waals surface area contributed by atoms with E-state index in [0.29, 0.717) is 28.8 Å². The first-order valence-corrected chi connectivity index (χ1v) is 8.58. The van der Waals surface area contributed by atoms with Crippen LogP contribution in [0.3, 0.4) is 0 Å². The van der Waals surface area contributed by atoms with E-state index in [1.54, 1.807) is 24.3 Å². The number of nitrogens with zero attached hydrogens (tertiary/aromatic N) is 3. The quantitative estimate of drug-likeness (QED) is 0.451. The molecule has 0 saturated heterocycles. The van der Waals surface area contributed by atoms with Gasteiger partial charge in [0.15, 0.2) is 5.16 Å². The Morgan fingerprint density at radius 2 is 1.76 bits per heavy atom. The molecule has 2 aromatic rings. The third kappa shape index (κ3) is 6.11. The van der Waals surface area contributed by atoms with Crippen molar-refractivity contribution < 1.29 is 14.3 Å². The lowest BCUT2D eigenvalue weighted by Crippen LogP contribution is -2.24. The third-order valence-corrected chi connectivity index (χ3v) is 3.54. The SMILES string of the molecule is CC(C)(C)OC(=O)c1ccccc1OCCSc1nc(N)nc(N)n1. The van der Waals surface area contributed by atoms with E-state index >= 15 is 0 Å². The lowest BCUT2D eigenvalue weighted by atomic mass is 10.1. The summed E-state index contributed by atoms with van der Waals surface area (Å²) < 4.78 is 11.1. The molecular weight excluding hydrogens is 342 g/mol. The molecule has 0 atom stereocenters. The minimum atomic E-state index is -0.571. The van der Waals surface area contributed by atoms with Crippen LogP contribution in [-0.4, -0.2) is 38.9 Å². The number of benzene rings is 1. The molecule has 4 N–H and O–H groups in total. The van der Waals surface area contributed by atoms with E-state index in [-0.39, 0.29) is 11.9 Å². The molecule has 0 saturated carbocycles. The first-order valence-electron chi connectivity index (χ1n) is 7.59. The highest BCUT2D eigenvalue weighted by Gasteiger charge is 2.20. The summed E-state index contributed by atoms with van der Waals surface area (Å²) >= 11 is 1.33. The van der Waals surface area contributed by atoms with Gasteiger partial charge in [0, 0.05) is 5.75 Å². The molecule has 25 heavy (non-hydrogen) atoms. The highest BCUT2D eigenvalue weighted by Crippen LogP contribution is 2.22. The zero-order valence-electron chi connectivity index (χ0n) is 14.4. The maximum absolute atomic E-state index is 12.2. The molecule has 0 radical (unpaired) electrons. The van der Waals surface area contributed by atoms with Crippen LogP contribution in [0.25, 0.3) is 0 Å². The van der Waals surface area contributed by atoms with Crippen molar-refractivity contribution in [2.24, 2.45) is 0 Å². The van der Waals surface area contributed by atoms with Crippen LogP contribution in [0.5, 0.6) is 5.75 Å². The Kier molecular flexibility index (Phi) is 6.02. The summed E-state index contributed by atoms with van der Waals surface area (Å²) in [7, 11) is 0. The average molecular weight is 363 g/mol. The van der Waals surface area contributed by atoms with Gasteiger partial charge in [-0.3, -0.25) is 0 Å². The van der Waals surface area contributed by atoms with Crippen molar-refractivity contribution in [3.63, 3.8) is 0 Å². The zero-order valence-corrected chi connectivity index (χ0v) is 15.2. The van der Waals surface area contributed by atoms with Crippen LogP contribution in [-0.2, 0) is 4.74 Å². The number of rotatable bonds is 6. The highest BCUT2D eigenvalue weighted by atomic mass is 32.2. The number of para-hydroxylation sites is 1. The van der Waals surface area contributed by atoms with Crippen molar-refractivity contribution in [2.45, 2.75) is 31.5 Å². The minimum Gasteiger partial charge on any atom is -0.492 e. The topological polar surface area (TPSA) is 126 Å². The standard InChI is InChI=1S/C16H21N5O3S/c1-16(2,3)24-12(22)10-6-4-5-7-11(10)23-8-9-25-15-20-13(17)19-14(18)21-15/h4-7H,8-9H2,1-3H3,(H4,17,18,19,20,21). The Hall–Kier alpha value is -2.55. The van der Waals surface area contributed by atoms with Gasteiger partial charge in [-0.1, -0.05) is 23.9 Å². The first kappa shape index (κ1) is 18.8. The number of nitrogen functional groups attached to an aromatic ring is 2. The maximum atomic E-state index is 12.2. The minimum absolute atomic E-state index is 0.0752. The molecule has 9 heteroatoms. The Balaban J connectivity index is 1.94. The molecule has 2 rings (SSSR count). The number of hydrogen-bond donors (Lipinski definition) is 2. The predicted octanol–water partition coefficient (Wildman–Crippen LogP) is 2.16. The number of thioether (sulfide) groups is 1. The van der Waals surface area contributed by atoms with E-state index < -0.39 is 11.6 Å². The van der Waals surface area contributed by atoms with Crippen molar-refractivity contribution in [2.75, 3.05) is 23.8 Å². The monoisotopic (exact) mass is 363 g/mol. The number of anilines is 2. The molecule has 0 aliphatic rings. The summed E-state index contributed by atoms with van der Waals surface area (Å²) in [6.07, 6.45) is 0. The van der Waals surface area contributed by atoms with Gasteiger partial charge in [0.05, 0.1) is 6.61 Å². The second kappa shape index (κ2) is 8.02. The molecule has 0 unspecified atom stereocenters. The second-order valence-corrected chi connectivity index (χ2v) is 7.09. The number of carbonyl (C=O) groups is 1. The number of ether oxygens (including phenoxy) is 2. The van der Waals surface area contributed by atoms with Crippen LogP contribution >= 0.6 is 11.8 Å². The van der Waals surface area contributed by atoms with Crippen molar-refractivity contribution in [3.05, 3.63) is 29.8 Å². The van der Waals surface area contributed by atoms with Gasteiger partial charge in [0.1, 0.15) is 16.9 Å². The Labute approximate surface area is 150 Å². The number of hydrogen-bond acceptors (Lipinski definition) is 9. The molecule has 1 aromatic heterocycles. The van der Waals surface area contributed by atoms with Crippen molar-refractivity contribution >= 4 is 29.6 Å². The summed E-state index contributed by atoms with van der Waals surface area (Å²) in [6, 6.07) is 6.95. The summed E-state index contributed by atoms with van der Waals surface area (Å²) in [5.74, 6) is 0.740. The fourth-order valence-electron chi connectivity index (χ4n) is 1.83.